The fourth-order valence-electron chi connectivity index (χ4n) is 2.04. The number of hydrogen-bond donors (Lipinski definition) is 0. The molecule has 0 aliphatic carbocycles. The van der Waals surface area contributed by atoms with Crippen molar-refractivity contribution in [3.05, 3.63) is 47.5 Å². The summed E-state index contributed by atoms with van der Waals surface area (Å²) in [6, 6.07) is 9.98. The molecule has 0 unspecified atom stereocenters. The molecule has 0 saturated heterocycles. The Morgan fingerprint density at radius 1 is 1.24 bits per heavy atom. The molecule has 0 amide bonds. The number of carbonyl (C=O) groups is 3. The third kappa shape index (κ3) is 6.54. The van der Waals surface area contributed by atoms with Crippen molar-refractivity contribution >= 4 is 29.4 Å². The SMILES string of the molecule is C/C=C(/C=O)[C@@H](CC=O)CC(=O)SCCc1ccccc1. The number of thioether (sulfide) groups is 1. The third-order valence-corrected chi connectivity index (χ3v) is 4.13. The minimum absolute atomic E-state index is 0.0268. The molecule has 1 atom stereocenters. The standard InChI is InChI=1S/C17H20O3S/c1-2-15(13-19)16(8-10-18)12-17(20)21-11-9-14-6-4-3-5-7-14/h2-7,10,13,16H,8-9,11-12H2,1H3/b15-2-/t16-/m0/s1. The number of benzene rings is 1. The maximum atomic E-state index is 12.0. The molecule has 1 aromatic carbocycles. The molecule has 0 aliphatic heterocycles. The van der Waals surface area contributed by atoms with E-state index in [1.807, 2.05) is 30.3 Å². The maximum Gasteiger partial charge on any atom is 0.189 e. The minimum atomic E-state index is -0.290. The fourth-order valence-corrected chi connectivity index (χ4v) is 2.93. The van der Waals surface area contributed by atoms with E-state index in [2.05, 4.69) is 0 Å². The summed E-state index contributed by atoms with van der Waals surface area (Å²) in [6.07, 6.45) is 4.44. The Kier molecular flexibility index (Phi) is 8.36. The highest BCUT2D eigenvalue weighted by molar-refractivity contribution is 8.13. The van der Waals surface area contributed by atoms with Gasteiger partial charge in [-0.2, -0.15) is 0 Å². The van der Waals surface area contributed by atoms with Crippen LogP contribution in [0.4, 0.5) is 0 Å². The largest absolute Gasteiger partial charge is 0.303 e. The van der Waals surface area contributed by atoms with Gasteiger partial charge in [-0.05, 0) is 24.5 Å². The number of hydrogen-bond acceptors (Lipinski definition) is 4. The van der Waals surface area contributed by atoms with Gasteiger partial charge in [-0.1, -0.05) is 48.2 Å². The molecular formula is C17H20O3S. The van der Waals surface area contributed by atoms with Crippen LogP contribution in [-0.2, 0) is 20.8 Å². The number of aryl methyl sites for hydroxylation is 1. The van der Waals surface area contributed by atoms with Crippen molar-refractivity contribution in [3.8, 4) is 0 Å². The van der Waals surface area contributed by atoms with E-state index in [-0.39, 0.29) is 23.9 Å². The van der Waals surface area contributed by atoms with Crippen LogP contribution < -0.4 is 0 Å². The average Bonchev–Trinajstić information content (AvgIpc) is 2.49. The summed E-state index contributed by atoms with van der Waals surface area (Å²) in [5.74, 6) is 0.421. The fraction of sp³-hybridized carbons (Fsp3) is 0.353. The van der Waals surface area contributed by atoms with Gasteiger partial charge in [0, 0.05) is 24.5 Å². The first-order chi connectivity index (χ1) is 10.2. The highest BCUT2D eigenvalue weighted by atomic mass is 32.2. The third-order valence-electron chi connectivity index (χ3n) is 3.23. The first kappa shape index (κ1) is 17.4. The van der Waals surface area contributed by atoms with Crippen LogP contribution >= 0.6 is 11.8 Å². The van der Waals surface area contributed by atoms with Gasteiger partial charge >= 0.3 is 0 Å². The summed E-state index contributed by atoms with van der Waals surface area (Å²) in [4.78, 5) is 33.6. The maximum absolute atomic E-state index is 12.0. The molecule has 0 N–H and O–H groups in total. The van der Waals surface area contributed by atoms with Gasteiger partial charge in [0.2, 0.25) is 0 Å². The zero-order chi connectivity index (χ0) is 15.5. The summed E-state index contributed by atoms with van der Waals surface area (Å²) in [5.41, 5.74) is 1.73. The van der Waals surface area contributed by atoms with Crippen molar-refractivity contribution in [1.29, 1.82) is 0 Å². The zero-order valence-electron chi connectivity index (χ0n) is 12.2. The molecule has 4 heteroatoms. The van der Waals surface area contributed by atoms with Crippen molar-refractivity contribution in [2.45, 2.75) is 26.2 Å². The topological polar surface area (TPSA) is 51.2 Å². The van der Waals surface area contributed by atoms with E-state index >= 15 is 0 Å². The van der Waals surface area contributed by atoms with E-state index in [0.29, 0.717) is 11.3 Å². The lowest BCUT2D eigenvalue weighted by atomic mass is 9.94. The van der Waals surface area contributed by atoms with Crippen molar-refractivity contribution < 1.29 is 14.4 Å². The lowest BCUT2D eigenvalue weighted by Crippen LogP contribution is -2.11. The molecule has 0 aliphatic rings. The van der Waals surface area contributed by atoms with Crippen LogP contribution in [0.1, 0.15) is 25.3 Å². The van der Waals surface area contributed by atoms with Crippen LogP contribution in [0.3, 0.4) is 0 Å². The summed E-state index contributed by atoms with van der Waals surface area (Å²) in [5, 5.41) is 0.0268. The van der Waals surface area contributed by atoms with Gasteiger partial charge < -0.3 is 4.79 Å². The number of allylic oxidation sites excluding steroid dienone is 2. The predicted molar refractivity (Wildman–Crippen MR) is 86.2 cm³/mol. The monoisotopic (exact) mass is 304 g/mol. The lowest BCUT2D eigenvalue weighted by molar-refractivity contribution is -0.112. The van der Waals surface area contributed by atoms with Gasteiger partial charge in [0.1, 0.15) is 12.6 Å². The van der Waals surface area contributed by atoms with Gasteiger partial charge in [-0.15, -0.1) is 0 Å². The molecular weight excluding hydrogens is 284 g/mol. The lowest BCUT2D eigenvalue weighted by Gasteiger charge is -2.12. The Morgan fingerprint density at radius 3 is 2.52 bits per heavy atom. The highest BCUT2D eigenvalue weighted by Crippen LogP contribution is 2.21. The molecule has 1 aromatic rings. The molecule has 0 spiro atoms. The van der Waals surface area contributed by atoms with Gasteiger partial charge in [-0.25, -0.2) is 0 Å². The van der Waals surface area contributed by atoms with E-state index in [1.54, 1.807) is 13.0 Å². The van der Waals surface area contributed by atoms with Gasteiger partial charge in [0.25, 0.3) is 0 Å². The van der Waals surface area contributed by atoms with Crippen molar-refractivity contribution in [3.63, 3.8) is 0 Å². The Labute approximate surface area is 129 Å². The van der Waals surface area contributed by atoms with Gasteiger partial charge in [-0.3, -0.25) is 9.59 Å². The Balaban J connectivity index is 2.43. The molecule has 112 valence electrons. The molecule has 3 nitrogen and oxygen atoms in total. The molecule has 0 saturated carbocycles. The van der Waals surface area contributed by atoms with Crippen molar-refractivity contribution in [2.24, 2.45) is 5.92 Å². The quantitative estimate of drug-likeness (QED) is 0.519. The summed E-state index contributed by atoms with van der Waals surface area (Å²) in [7, 11) is 0. The summed E-state index contributed by atoms with van der Waals surface area (Å²) in [6.45, 7) is 1.74. The van der Waals surface area contributed by atoms with E-state index in [1.165, 1.54) is 17.3 Å². The molecule has 0 bridgehead atoms. The van der Waals surface area contributed by atoms with Crippen molar-refractivity contribution in [2.75, 3.05) is 5.75 Å². The first-order valence-corrected chi connectivity index (χ1v) is 7.94. The number of rotatable bonds is 9. The summed E-state index contributed by atoms with van der Waals surface area (Å²) >= 11 is 1.27. The predicted octanol–water partition coefficient (Wildman–Crippen LogP) is 3.23. The molecule has 0 fully saturated rings. The smallest absolute Gasteiger partial charge is 0.189 e. The van der Waals surface area contributed by atoms with E-state index < -0.39 is 0 Å². The second-order valence-corrected chi connectivity index (χ2v) is 5.82. The molecule has 0 radical (unpaired) electrons. The minimum Gasteiger partial charge on any atom is -0.303 e. The van der Waals surface area contributed by atoms with E-state index in [4.69, 9.17) is 0 Å². The van der Waals surface area contributed by atoms with Crippen LogP contribution in [-0.4, -0.2) is 23.4 Å². The Hall–Kier alpha value is -1.68. The Morgan fingerprint density at radius 2 is 1.95 bits per heavy atom. The zero-order valence-corrected chi connectivity index (χ0v) is 13.0. The number of aldehydes is 2. The normalized spacial score (nSPS) is 12.7. The molecule has 0 heterocycles. The molecule has 1 rings (SSSR count). The van der Waals surface area contributed by atoms with Gasteiger partial charge in [0.05, 0.1) is 0 Å². The second kappa shape index (κ2) is 10.1. The van der Waals surface area contributed by atoms with Crippen molar-refractivity contribution in [1.82, 2.24) is 0 Å². The van der Waals surface area contributed by atoms with E-state index in [9.17, 15) is 14.4 Å². The second-order valence-electron chi connectivity index (χ2n) is 4.67. The van der Waals surface area contributed by atoms with Crippen LogP contribution in [0.25, 0.3) is 0 Å². The van der Waals surface area contributed by atoms with Crippen LogP contribution in [0.5, 0.6) is 0 Å². The van der Waals surface area contributed by atoms with Gasteiger partial charge in [0.15, 0.2) is 5.12 Å². The first-order valence-electron chi connectivity index (χ1n) is 6.95. The van der Waals surface area contributed by atoms with E-state index in [0.717, 1.165) is 19.0 Å². The summed E-state index contributed by atoms with van der Waals surface area (Å²) < 4.78 is 0. The van der Waals surface area contributed by atoms with Crippen LogP contribution in [0, 0.1) is 5.92 Å². The molecule has 0 aromatic heterocycles. The van der Waals surface area contributed by atoms with Crippen LogP contribution in [0.15, 0.2) is 42.0 Å². The highest BCUT2D eigenvalue weighted by Gasteiger charge is 2.17. The van der Waals surface area contributed by atoms with Crippen LogP contribution in [0.2, 0.25) is 0 Å². The Bertz CT molecular complexity index is 494. The molecule has 21 heavy (non-hydrogen) atoms. The number of carbonyl (C=O) groups excluding carboxylic acids is 3. The average molecular weight is 304 g/mol.